The average Bonchev–Trinajstić information content (AvgIpc) is 2.58. The Morgan fingerprint density at radius 1 is 1.35 bits per heavy atom. The van der Waals surface area contributed by atoms with Gasteiger partial charge in [-0.05, 0) is 37.3 Å². The molecular weight excluding hydrogens is 294 g/mol. The van der Waals surface area contributed by atoms with Gasteiger partial charge in [0.25, 0.3) is 0 Å². The third kappa shape index (κ3) is 2.68. The highest BCUT2D eigenvalue weighted by atomic mass is 16.5. The van der Waals surface area contributed by atoms with Crippen LogP contribution in [0.5, 0.6) is 0 Å². The second kappa shape index (κ2) is 6.17. The molecule has 0 saturated heterocycles. The Balaban J connectivity index is 2.33. The molecule has 0 unspecified atom stereocenters. The summed E-state index contributed by atoms with van der Waals surface area (Å²) < 4.78 is 10.2. The van der Waals surface area contributed by atoms with Crippen LogP contribution < -0.4 is 10.9 Å². The van der Waals surface area contributed by atoms with Gasteiger partial charge < -0.3 is 14.5 Å². The highest BCUT2D eigenvalue weighted by Crippen LogP contribution is 2.35. The van der Waals surface area contributed by atoms with Crippen LogP contribution >= 0.6 is 0 Å². The molecule has 0 atom stereocenters. The summed E-state index contributed by atoms with van der Waals surface area (Å²) in [4.78, 5) is 23.9. The van der Waals surface area contributed by atoms with Crippen molar-refractivity contribution in [2.45, 2.75) is 25.7 Å². The zero-order valence-electron chi connectivity index (χ0n) is 12.9. The third-order valence-electron chi connectivity index (χ3n) is 4.14. The Hall–Kier alpha value is -2.74. The van der Waals surface area contributed by atoms with Gasteiger partial charge in [0.15, 0.2) is 0 Å². The molecule has 0 spiro atoms. The molecule has 0 aliphatic heterocycles. The number of fused-ring (bicyclic) bond motifs is 3. The summed E-state index contributed by atoms with van der Waals surface area (Å²) in [6.45, 7) is 0.391. The molecule has 1 N–H and O–H groups in total. The van der Waals surface area contributed by atoms with Crippen LogP contribution in [0.4, 0.5) is 5.69 Å². The Morgan fingerprint density at radius 2 is 2.09 bits per heavy atom. The van der Waals surface area contributed by atoms with Gasteiger partial charge in [-0.15, -0.1) is 6.42 Å². The molecule has 1 heterocycles. The Kier molecular flexibility index (Phi) is 4.07. The van der Waals surface area contributed by atoms with Crippen LogP contribution in [-0.4, -0.2) is 19.6 Å². The second-order valence-corrected chi connectivity index (χ2v) is 5.49. The summed E-state index contributed by atoms with van der Waals surface area (Å²) in [5.41, 5.74) is 3.15. The molecule has 118 valence electrons. The van der Waals surface area contributed by atoms with Gasteiger partial charge in [-0.2, -0.15) is 0 Å². The topological polar surface area (TPSA) is 68.5 Å². The number of hydrogen-bond donors (Lipinski definition) is 1. The van der Waals surface area contributed by atoms with Gasteiger partial charge in [0.1, 0.15) is 5.58 Å². The van der Waals surface area contributed by atoms with E-state index in [2.05, 4.69) is 11.2 Å². The van der Waals surface area contributed by atoms with Crippen LogP contribution in [-0.2, 0) is 17.6 Å². The van der Waals surface area contributed by atoms with E-state index in [4.69, 9.17) is 15.6 Å². The highest BCUT2D eigenvalue weighted by Gasteiger charge is 2.22. The number of nitrogens with one attached hydrogen (secondary N) is 1. The lowest BCUT2D eigenvalue weighted by atomic mass is 9.88. The van der Waals surface area contributed by atoms with Gasteiger partial charge in [0.05, 0.1) is 19.2 Å². The van der Waals surface area contributed by atoms with Gasteiger partial charge in [0, 0.05) is 22.7 Å². The molecule has 0 radical (unpaired) electrons. The van der Waals surface area contributed by atoms with E-state index in [1.165, 1.54) is 13.2 Å². The monoisotopic (exact) mass is 311 g/mol. The Labute approximate surface area is 133 Å². The first-order chi connectivity index (χ1) is 11.2. The quantitative estimate of drug-likeness (QED) is 0.536. The zero-order chi connectivity index (χ0) is 16.4. The van der Waals surface area contributed by atoms with E-state index in [-0.39, 0.29) is 5.56 Å². The predicted molar refractivity (Wildman–Crippen MR) is 87.8 cm³/mol. The fourth-order valence-electron chi connectivity index (χ4n) is 3.14. The lowest BCUT2D eigenvalue weighted by molar-refractivity contribution is 0.0602. The maximum atomic E-state index is 12.0. The van der Waals surface area contributed by atoms with Crippen LogP contribution in [0.1, 0.15) is 34.3 Å². The largest absolute Gasteiger partial charge is 0.465 e. The minimum Gasteiger partial charge on any atom is -0.465 e. The van der Waals surface area contributed by atoms with Crippen LogP contribution in [0.25, 0.3) is 11.0 Å². The SMILES string of the molecule is C#CCNc1cc2c(C(=O)OC)cc(=O)oc2c2c1CCCC2. The predicted octanol–water partition coefficient (Wildman–Crippen LogP) is 2.50. The molecule has 0 fully saturated rings. The number of hydrogen-bond acceptors (Lipinski definition) is 5. The van der Waals surface area contributed by atoms with Gasteiger partial charge in [-0.3, -0.25) is 0 Å². The van der Waals surface area contributed by atoms with E-state index in [0.29, 0.717) is 17.5 Å². The van der Waals surface area contributed by atoms with Crippen molar-refractivity contribution in [1.29, 1.82) is 0 Å². The molecule has 5 heteroatoms. The Bertz CT molecular complexity index is 873. The van der Waals surface area contributed by atoms with Crippen molar-refractivity contribution < 1.29 is 13.9 Å². The first-order valence-electron chi connectivity index (χ1n) is 7.54. The molecule has 0 bridgehead atoms. The Morgan fingerprint density at radius 3 is 2.78 bits per heavy atom. The van der Waals surface area contributed by atoms with Gasteiger partial charge in [0.2, 0.25) is 0 Å². The summed E-state index contributed by atoms with van der Waals surface area (Å²) in [5.74, 6) is 2.00. The summed E-state index contributed by atoms with van der Waals surface area (Å²) in [7, 11) is 1.29. The van der Waals surface area contributed by atoms with Gasteiger partial charge >= 0.3 is 11.6 Å². The molecule has 3 rings (SSSR count). The van der Waals surface area contributed by atoms with Crippen molar-refractivity contribution in [3.05, 3.63) is 39.2 Å². The standard InChI is InChI=1S/C18H17NO4/c1-3-8-19-15-9-13-14(18(21)22-2)10-16(20)23-17(13)12-7-5-4-6-11(12)15/h1,9-10,19H,4-8H2,2H3. The fourth-order valence-corrected chi connectivity index (χ4v) is 3.14. The number of esters is 1. The van der Waals surface area contributed by atoms with Crippen LogP contribution in [0.2, 0.25) is 0 Å². The first-order valence-corrected chi connectivity index (χ1v) is 7.54. The fraction of sp³-hybridized carbons (Fsp3) is 0.333. The van der Waals surface area contributed by atoms with E-state index in [1.54, 1.807) is 0 Å². The molecule has 0 saturated carbocycles. The number of rotatable bonds is 3. The van der Waals surface area contributed by atoms with E-state index in [9.17, 15) is 9.59 Å². The number of terminal acetylenes is 1. The summed E-state index contributed by atoms with van der Waals surface area (Å²) in [5, 5.41) is 3.79. The number of carbonyl (C=O) groups is 1. The maximum Gasteiger partial charge on any atom is 0.338 e. The number of carbonyl (C=O) groups excluding carboxylic acids is 1. The average molecular weight is 311 g/mol. The zero-order valence-corrected chi connectivity index (χ0v) is 12.9. The number of benzene rings is 1. The molecule has 23 heavy (non-hydrogen) atoms. The van der Waals surface area contributed by atoms with E-state index in [1.807, 2.05) is 6.07 Å². The van der Waals surface area contributed by atoms with Gasteiger partial charge in [-0.25, -0.2) is 9.59 Å². The smallest absolute Gasteiger partial charge is 0.338 e. The van der Waals surface area contributed by atoms with Gasteiger partial charge in [-0.1, -0.05) is 5.92 Å². The van der Waals surface area contributed by atoms with Crippen LogP contribution in [0.3, 0.4) is 0 Å². The number of methoxy groups -OCH3 is 1. The first kappa shape index (κ1) is 15.2. The van der Waals surface area contributed by atoms with Crippen molar-refractivity contribution >= 4 is 22.6 Å². The van der Waals surface area contributed by atoms with Crippen LogP contribution in [0.15, 0.2) is 21.3 Å². The molecule has 5 nitrogen and oxygen atoms in total. The number of ether oxygens (including phenoxy) is 1. The summed E-state index contributed by atoms with van der Waals surface area (Å²) >= 11 is 0. The van der Waals surface area contributed by atoms with Crippen molar-refractivity contribution in [2.24, 2.45) is 0 Å². The van der Waals surface area contributed by atoms with Crippen molar-refractivity contribution in [3.8, 4) is 12.3 Å². The van der Waals surface area contributed by atoms with E-state index >= 15 is 0 Å². The van der Waals surface area contributed by atoms with E-state index < -0.39 is 11.6 Å². The summed E-state index contributed by atoms with van der Waals surface area (Å²) in [6.07, 6.45) is 9.14. The molecule has 2 aromatic rings. The third-order valence-corrected chi connectivity index (χ3v) is 4.14. The molecular formula is C18H17NO4. The minimum atomic E-state index is -0.554. The lowest BCUT2D eigenvalue weighted by Crippen LogP contribution is -2.13. The van der Waals surface area contributed by atoms with Crippen LogP contribution in [0, 0.1) is 12.3 Å². The molecule has 1 aromatic carbocycles. The second-order valence-electron chi connectivity index (χ2n) is 5.49. The summed E-state index contributed by atoms with van der Waals surface area (Å²) in [6, 6.07) is 3.00. The lowest BCUT2D eigenvalue weighted by Gasteiger charge is -2.21. The molecule has 0 amide bonds. The number of anilines is 1. The molecule has 1 aliphatic carbocycles. The van der Waals surface area contributed by atoms with Crippen molar-refractivity contribution in [1.82, 2.24) is 0 Å². The highest BCUT2D eigenvalue weighted by molar-refractivity contribution is 6.04. The van der Waals surface area contributed by atoms with Crippen molar-refractivity contribution in [2.75, 3.05) is 19.0 Å². The van der Waals surface area contributed by atoms with E-state index in [0.717, 1.165) is 42.5 Å². The normalized spacial score (nSPS) is 13.2. The van der Waals surface area contributed by atoms with Crippen molar-refractivity contribution in [3.63, 3.8) is 0 Å². The maximum absolute atomic E-state index is 12.0. The number of aryl methyl sites for hydroxylation is 1. The minimum absolute atomic E-state index is 0.218. The molecule has 1 aromatic heterocycles. The molecule has 1 aliphatic rings.